The number of nitrogens with two attached hydrogens (primary N) is 1. The zero-order valence-electron chi connectivity index (χ0n) is 22.7. The predicted molar refractivity (Wildman–Crippen MR) is 166 cm³/mol. The Kier molecular flexibility index (Phi) is 7.20. The van der Waals surface area contributed by atoms with E-state index in [4.69, 9.17) is 5.73 Å². The number of imidazole rings is 1. The van der Waals surface area contributed by atoms with Crippen molar-refractivity contribution < 1.29 is 14.4 Å². The average Bonchev–Trinajstić information content (AvgIpc) is 3.64. The molecule has 9 nitrogen and oxygen atoms in total. The lowest BCUT2D eigenvalue weighted by Crippen LogP contribution is -2.26. The van der Waals surface area contributed by atoms with Crippen molar-refractivity contribution in [3.05, 3.63) is 108 Å². The second-order valence-electron chi connectivity index (χ2n) is 9.71. The number of hydrogen-bond acceptors (Lipinski definition) is 6. The number of fused-ring (bicyclic) bond motifs is 2. The molecule has 0 saturated carbocycles. The lowest BCUT2D eigenvalue weighted by Gasteiger charge is -2.17. The molecular weight excluding hydrogens is 548 g/mol. The lowest BCUT2D eigenvalue weighted by molar-refractivity contribution is -0.118. The lowest BCUT2D eigenvalue weighted by atomic mass is 10.1. The molecule has 208 valence electrons. The molecule has 3 aromatic heterocycles. The van der Waals surface area contributed by atoms with Crippen LogP contribution in [0, 0.1) is 0 Å². The molecule has 0 atom stereocenters. The van der Waals surface area contributed by atoms with Crippen LogP contribution in [0.4, 0.5) is 11.6 Å². The van der Waals surface area contributed by atoms with Crippen LogP contribution in [-0.4, -0.2) is 39.3 Å². The van der Waals surface area contributed by atoms with Gasteiger partial charge in [0.25, 0.3) is 11.8 Å². The summed E-state index contributed by atoms with van der Waals surface area (Å²) in [5.74, 6) is -0.670. The minimum atomic E-state index is -0.467. The van der Waals surface area contributed by atoms with E-state index in [0.29, 0.717) is 27.2 Å². The van der Waals surface area contributed by atoms with Crippen LogP contribution >= 0.6 is 11.3 Å². The fraction of sp³-hybridized carbons (Fsp3) is 0.0938. The third-order valence-electron chi connectivity index (χ3n) is 6.98. The molecule has 0 aliphatic rings. The van der Waals surface area contributed by atoms with Crippen LogP contribution in [0.5, 0.6) is 0 Å². The summed E-state index contributed by atoms with van der Waals surface area (Å²) >= 11 is 1.36. The summed E-state index contributed by atoms with van der Waals surface area (Å²) in [6.07, 6.45) is 1.82. The molecule has 0 unspecified atom stereocenters. The zero-order valence-corrected chi connectivity index (χ0v) is 23.5. The van der Waals surface area contributed by atoms with Crippen molar-refractivity contribution in [2.75, 3.05) is 17.3 Å². The van der Waals surface area contributed by atoms with E-state index in [9.17, 15) is 14.4 Å². The minimum absolute atomic E-state index is 0.0692. The van der Waals surface area contributed by atoms with Crippen LogP contribution in [0.2, 0.25) is 0 Å². The summed E-state index contributed by atoms with van der Waals surface area (Å²) in [5, 5.41) is 3.94. The third-order valence-corrected chi connectivity index (χ3v) is 8.10. The number of aryl methyl sites for hydroxylation is 1. The molecule has 6 rings (SSSR count). The summed E-state index contributed by atoms with van der Waals surface area (Å²) in [4.78, 5) is 50.2. The van der Waals surface area contributed by atoms with Crippen molar-refractivity contribution in [1.29, 1.82) is 0 Å². The molecule has 6 aromatic rings. The van der Waals surface area contributed by atoms with Gasteiger partial charge < -0.3 is 15.2 Å². The first-order chi connectivity index (χ1) is 20.4. The number of thiophene rings is 1. The molecule has 0 bridgehead atoms. The third kappa shape index (κ3) is 5.23. The molecule has 0 aliphatic heterocycles. The highest BCUT2D eigenvalue weighted by atomic mass is 32.1. The first kappa shape index (κ1) is 26.9. The average molecular weight is 575 g/mol. The van der Waals surface area contributed by atoms with E-state index < -0.39 is 5.91 Å². The fourth-order valence-electron chi connectivity index (χ4n) is 4.83. The number of para-hydroxylation sites is 1. The molecule has 42 heavy (non-hydrogen) atoms. The summed E-state index contributed by atoms with van der Waals surface area (Å²) in [6.45, 7) is 0.233. The number of pyridine rings is 1. The van der Waals surface area contributed by atoms with E-state index in [1.807, 2.05) is 60.7 Å². The number of rotatable bonds is 8. The largest absolute Gasteiger partial charge is 0.370 e. The standard InChI is InChI=1S/C32H26N6O3S/c1-37(31(41)21-7-3-2-4-8-21)22-12-13-25-24(19-22)35-32(38(25)18-16-28(33)39)36-30(40)27-15-14-26(42-27)23-11-5-9-20-10-6-17-34-29(20)23/h2-15,17,19H,16,18H2,1H3,(H2,33,39)(H,35,36,40). The van der Waals surface area contributed by atoms with Crippen molar-refractivity contribution >= 4 is 62.6 Å². The summed E-state index contributed by atoms with van der Waals surface area (Å²) in [6, 6.07) is 28.0. The molecule has 3 heterocycles. The van der Waals surface area contributed by atoms with Gasteiger partial charge in [-0.2, -0.15) is 0 Å². The number of carbonyl (C=O) groups excluding carboxylic acids is 3. The predicted octanol–water partition coefficient (Wildman–Crippen LogP) is 5.72. The van der Waals surface area contributed by atoms with E-state index in [2.05, 4.69) is 15.3 Å². The first-order valence-corrected chi connectivity index (χ1v) is 14.1. The fourth-order valence-corrected chi connectivity index (χ4v) is 5.76. The van der Waals surface area contributed by atoms with Gasteiger partial charge in [0.05, 0.1) is 21.4 Å². The number of amides is 3. The van der Waals surface area contributed by atoms with Crippen molar-refractivity contribution in [3.63, 3.8) is 0 Å². The van der Waals surface area contributed by atoms with Gasteiger partial charge in [0.2, 0.25) is 11.9 Å². The van der Waals surface area contributed by atoms with Gasteiger partial charge >= 0.3 is 0 Å². The second-order valence-corrected chi connectivity index (χ2v) is 10.8. The normalized spacial score (nSPS) is 11.1. The first-order valence-electron chi connectivity index (χ1n) is 13.3. The Bertz CT molecular complexity index is 1960. The van der Waals surface area contributed by atoms with Gasteiger partial charge in [0.15, 0.2) is 0 Å². The van der Waals surface area contributed by atoms with Gasteiger partial charge in [-0.25, -0.2) is 4.98 Å². The number of aromatic nitrogens is 3. The maximum atomic E-state index is 13.4. The number of anilines is 2. The second kappa shape index (κ2) is 11.3. The van der Waals surface area contributed by atoms with Gasteiger partial charge in [0, 0.05) is 53.3 Å². The number of benzene rings is 3. The smallest absolute Gasteiger partial charge is 0.268 e. The van der Waals surface area contributed by atoms with Crippen LogP contribution in [0.15, 0.2) is 97.2 Å². The summed E-state index contributed by atoms with van der Waals surface area (Å²) in [5.41, 5.74) is 9.72. The van der Waals surface area contributed by atoms with Gasteiger partial charge in [-0.05, 0) is 48.5 Å². The Morgan fingerprint density at radius 1 is 0.952 bits per heavy atom. The SMILES string of the molecule is CN(C(=O)c1ccccc1)c1ccc2c(c1)nc(NC(=O)c1ccc(-c3cccc4cccnc34)s1)n2CCC(N)=O. The van der Waals surface area contributed by atoms with Crippen LogP contribution in [0.1, 0.15) is 26.5 Å². The molecule has 3 N–H and O–H groups in total. The van der Waals surface area contributed by atoms with Crippen LogP contribution in [0.3, 0.4) is 0 Å². The van der Waals surface area contributed by atoms with Gasteiger partial charge in [-0.15, -0.1) is 11.3 Å². The highest BCUT2D eigenvalue weighted by molar-refractivity contribution is 7.17. The van der Waals surface area contributed by atoms with Crippen molar-refractivity contribution in [1.82, 2.24) is 14.5 Å². The maximum absolute atomic E-state index is 13.4. The summed E-state index contributed by atoms with van der Waals surface area (Å²) < 4.78 is 1.75. The highest BCUT2D eigenvalue weighted by Crippen LogP contribution is 2.33. The summed E-state index contributed by atoms with van der Waals surface area (Å²) in [7, 11) is 1.70. The van der Waals surface area contributed by atoms with Gasteiger partial charge in [-0.1, -0.05) is 42.5 Å². The van der Waals surface area contributed by atoms with Crippen LogP contribution in [0.25, 0.3) is 32.4 Å². The molecule has 0 fully saturated rings. The van der Waals surface area contributed by atoms with Gasteiger partial charge in [0.1, 0.15) is 0 Å². The highest BCUT2D eigenvalue weighted by Gasteiger charge is 2.20. The Morgan fingerprint density at radius 3 is 2.57 bits per heavy atom. The Balaban J connectivity index is 1.30. The Hall–Kier alpha value is -5.35. The van der Waals surface area contributed by atoms with E-state index >= 15 is 0 Å². The van der Waals surface area contributed by atoms with Crippen LogP contribution < -0.4 is 16.0 Å². The zero-order chi connectivity index (χ0) is 29.2. The monoisotopic (exact) mass is 574 g/mol. The molecular formula is C32H26N6O3S. The molecule has 10 heteroatoms. The molecule has 3 aromatic carbocycles. The van der Waals surface area contributed by atoms with E-state index in [-0.39, 0.29) is 30.7 Å². The molecule has 0 radical (unpaired) electrons. The number of nitrogens with zero attached hydrogens (tertiary/aromatic N) is 4. The van der Waals surface area contributed by atoms with Crippen molar-refractivity contribution in [2.45, 2.75) is 13.0 Å². The van der Waals surface area contributed by atoms with E-state index in [1.165, 1.54) is 11.3 Å². The molecule has 0 spiro atoms. The van der Waals surface area contributed by atoms with E-state index in [1.54, 1.807) is 53.0 Å². The van der Waals surface area contributed by atoms with Crippen molar-refractivity contribution in [2.24, 2.45) is 5.73 Å². The number of nitrogens with one attached hydrogen (secondary N) is 1. The number of hydrogen-bond donors (Lipinski definition) is 2. The van der Waals surface area contributed by atoms with Crippen LogP contribution in [-0.2, 0) is 11.3 Å². The van der Waals surface area contributed by atoms with E-state index in [0.717, 1.165) is 21.3 Å². The Morgan fingerprint density at radius 2 is 1.76 bits per heavy atom. The van der Waals surface area contributed by atoms with Gasteiger partial charge in [-0.3, -0.25) is 24.7 Å². The Labute approximate surface area is 245 Å². The molecule has 3 amide bonds. The number of carbonyl (C=O) groups is 3. The molecule has 0 aliphatic carbocycles. The minimum Gasteiger partial charge on any atom is -0.370 e. The molecule has 0 saturated heterocycles. The van der Waals surface area contributed by atoms with Crippen molar-refractivity contribution in [3.8, 4) is 10.4 Å². The number of primary amides is 1. The topological polar surface area (TPSA) is 123 Å². The maximum Gasteiger partial charge on any atom is 0.268 e. The quantitative estimate of drug-likeness (QED) is 0.241.